The topological polar surface area (TPSA) is 39.9 Å². The molecule has 0 saturated carbocycles. The number of benzene rings is 1. The normalized spacial score (nSPS) is 9.89. The van der Waals surface area contributed by atoms with Gasteiger partial charge < -0.3 is 4.90 Å². The van der Waals surface area contributed by atoms with Crippen LogP contribution in [0.5, 0.6) is 0 Å². The van der Waals surface area contributed by atoms with Crippen LogP contribution in [0.15, 0.2) is 36.7 Å². The molecule has 0 amide bonds. The van der Waals surface area contributed by atoms with Crippen LogP contribution in [0.2, 0.25) is 0 Å². The third-order valence-corrected chi connectivity index (χ3v) is 2.51. The fraction of sp³-hybridized carbons (Fsp3) is 0.0769. The third-order valence-electron chi connectivity index (χ3n) is 2.51. The van der Waals surface area contributed by atoms with E-state index in [1.807, 2.05) is 0 Å². The Morgan fingerprint density at radius 3 is 2.44 bits per heavy atom. The number of rotatable bonds is 2. The van der Waals surface area contributed by atoms with Gasteiger partial charge in [0.25, 0.3) is 0 Å². The van der Waals surface area contributed by atoms with Crippen molar-refractivity contribution in [3.8, 4) is 6.07 Å². The highest BCUT2D eigenvalue weighted by Crippen LogP contribution is 2.29. The fourth-order valence-corrected chi connectivity index (χ4v) is 1.63. The molecule has 1 aromatic heterocycles. The lowest BCUT2D eigenvalue weighted by Crippen LogP contribution is -2.13. The molecule has 0 aliphatic rings. The van der Waals surface area contributed by atoms with Crippen molar-refractivity contribution in [2.45, 2.75) is 0 Å². The van der Waals surface area contributed by atoms with Crippen LogP contribution in [-0.4, -0.2) is 12.0 Å². The number of aromatic nitrogens is 1. The number of nitriles is 1. The molecule has 0 unspecified atom stereocenters. The van der Waals surface area contributed by atoms with Crippen LogP contribution in [0.25, 0.3) is 0 Å². The monoisotopic (exact) mass is 245 g/mol. The van der Waals surface area contributed by atoms with E-state index in [1.165, 1.54) is 18.1 Å². The second kappa shape index (κ2) is 4.80. The quantitative estimate of drug-likeness (QED) is 0.816. The van der Waals surface area contributed by atoms with E-state index in [0.717, 1.165) is 12.1 Å². The van der Waals surface area contributed by atoms with Gasteiger partial charge in [0.15, 0.2) is 11.6 Å². The Labute approximate surface area is 103 Å². The van der Waals surface area contributed by atoms with Crippen molar-refractivity contribution < 1.29 is 8.78 Å². The number of halogens is 2. The highest BCUT2D eigenvalue weighted by molar-refractivity contribution is 5.63. The van der Waals surface area contributed by atoms with Gasteiger partial charge in [0.1, 0.15) is 5.69 Å². The molecule has 0 saturated heterocycles. The zero-order chi connectivity index (χ0) is 13.1. The summed E-state index contributed by atoms with van der Waals surface area (Å²) in [6.07, 6.45) is 3.07. The first kappa shape index (κ1) is 12.0. The molecule has 0 radical (unpaired) electrons. The summed E-state index contributed by atoms with van der Waals surface area (Å²) in [6, 6.07) is 7.07. The Balaban J connectivity index is 2.50. The Hall–Kier alpha value is -2.48. The third kappa shape index (κ3) is 2.13. The highest BCUT2D eigenvalue weighted by Gasteiger charge is 2.16. The Morgan fingerprint density at radius 1 is 1.28 bits per heavy atom. The Morgan fingerprint density at radius 2 is 1.94 bits per heavy atom. The maximum atomic E-state index is 13.8. The molecule has 0 atom stereocenters. The zero-order valence-electron chi connectivity index (χ0n) is 9.56. The van der Waals surface area contributed by atoms with Crippen LogP contribution in [-0.2, 0) is 0 Å². The van der Waals surface area contributed by atoms with Crippen LogP contribution >= 0.6 is 0 Å². The predicted octanol–water partition coefficient (Wildman–Crippen LogP) is 3.00. The van der Waals surface area contributed by atoms with Gasteiger partial charge in [-0.1, -0.05) is 0 Å². The molecule has 1 aromatic carbocycles. The van der Waals surface area contributed by atoms with E-state index in [4.69, 9.17) is 5.26 Å². The van der Waals surface area contributed by atoms with Crippen molar-refractivity contribution in [1.29, 1.82) is 5.26 Å². The molecular weight excluding hydrogens is 236 g/mol. The first-order valence-electron chi connectivity index (χ1n) is 5.16. The molecule has 2 rings (SSSR count). The van der Waals surface area contributed by atoms with Gasteiger partial charge in [-0.3, -0.25) is 4.98 Å². The SMILES string of the molecule is CN(c1cccnc1)c1c(F)cc(C#N)cc1F. The highest BCUT2D eigenvalue weighted by atomic mass is 19.1. The zero-order valence-corrected chi connectivity index (χ0v) is 9.56. The van der Waals surface area contributed by atoms with Crippen molar-refractivity contribution >= 4 is 11.4 Å². The minimum atomic E-state index is -0.780. The first-order valence-corrected chi connectivity index (χ1v) is 5.16. The van der Waals surface area contributed by atoms with Gasteiger partial charge in [-0.15, -0.1) is 0 Å². The van der Waals surface area contributed by atoms with Crippen molar-refractivity contribution in [2.24, 2.45) is 0 Å². The van der Waals surface area contributed by atoms with Gasteiger partial charge in [0, 0.05) is 13.2 Å². The van der Waals surface area contributed by atoms with Crippen molar-refractivity contribution in [2.75, 3.05) is 11.9 Å². The molecule has 0 spiro atoms. The van der Waals surface area contributed by atoms with E-state index in [0.29, 0.717) is 5.69 Å². The molecule has 18 heavy (non-hydrogen) atoms. The molecule has 1 heterocycles. The number of nitrogens with zero attached hydrogens (tertiary/aromatic N) is 3. The molecular formula is C13H9F2N3. The largest absolute Gasteiger partial charge is 0.339 e. The van der Waals surface area contributed by atoms with Gasteiger partial charge in [0.2, 0.25) is 0 Å². The van der Waals surface area contributed by atoms with Gasteiger partial charge in [-0.2, -0.15) is 5.26 Å². The van der Waals surface area contributed by atoms with Crippen LogP contribution in [0.3, 0.4) is 0 Å². The van der Waals surface area contributed by atoms with E-state index >= 15 is 0 Å². The molecule has 5 heteroatoms. The Bertz CT molecular complexity index is 582. The fourth-order valence-electron chi connectivity index (χ4n) is 1.63. The lowest BCUT2D eigenvalue weighted by Gasteiger charge is -2.20. The van der Waals surface area contributed by atoms with E-state index < -0.39 is 11.6 Å². The predicted molar refractivity (Wildman–Crippen MR) is 63.4 cm³/mol. The molecule has 3 nitrogen and oxygen atoms in total. The first-order chi connectivity index (χ1) is 8.63. The van der Waals surface area contributed by atoms with Gasteiger partial charge in [-0.25, -0.2) is 8.78 Å². The minimum Gasteiger partial charge on any atom is -0.339 e. The van der Waals surface area contributed by atoms with Crippen molar-refractivity contribution in [1.82, 2.24) is 4.98 Å². The molecule has 0 aliphatic carbocycles. The average Bonchev–Trinajstić information content (AvgIpc) is 2.38. The Kier molecular flexibility index (Phi) is 3.20. The summed E-state index contributed by atoms with van der Waals surface area (Å²) >= 11 is 0. The smallest absolute Gasteiger partial charge is 0.151 e. The molecule has 90 valence electrons. The molecule has 0 bridgehead atoms. The minimum absolute atomic E-state index is 0.0478. The second-order valence-electron chi connectivity index (χ2n) is 3.67. The summed E-state index contributed by atoms with van der Waals surface area (Å²) in [6.45, 7) is 0. The number of hydrogen-bond acceptors (Lipinski definition) is 3. The van der Waals surface area contributed by atoms with E-state index in [9.17, 15) is 8.78 Å². The van der Waals surface area contributed by atoms with Crippen LogP contribution in [0.1, 0.15) is 5.56 Å². The number of hydrogen-bond donors (Lipinski definition) is 0. The summed E-state index contributed by atoms with van der Waals surface area (Å²) in [5, 5.41) is 8.63. The standard InChI is InChI=1S/C13H9F2N3/c1-18(10-3-2-4-17-8-10)13-11(14)5-9(7-16)6-12(13)15/h2-6,8H,1H3. The maximum Gasteiger partial charge on any atom is 0.151 e. The summed E-state index contributed by atoms with van der Waals surface area (Å²) in [4.78, 5) is 5.23. The van der Waals surface area contributed by atoms with Gasteiger partial charge in [0.05, 0.1) is 23.5 Å². The van der Waals surface area contributed by atoms with Crippen molar-refractivity contribution in [3.63, 3.8) is 0 Å². The van der Waals surface area contributed by atoms with E-state index in [-0.39, 0.29) is 11.3 Å². The molecule has 2 aromatic rings. The summed E-state index contributed by atoms with van der Waals surface area (Å²) in [5.41, 5.74) is 0.301. The molecule has 0 N–H and O–H groups in total. The second-order valence-corrected chi connectivity index (χ2v) is 3.67. The lowest BCUT2D eigenvalue weighted by molar-refractivity contribution is 0.583. The lowest BCUT2D eigenvalue weighted by atomic mass is 10.2. The average molecular weight is 245 g/mol. The van der Waals surface area contributed by atoms with Crippen molar-refractivity contribution in [3.05, 3.63) is 53.9 Å². The van der Waals surface area contributed by atoms with Gasteiger partial charge in [-0.05, 0) is 24.3 Å². The number of pyridine rings is 1. The van der Waals surface area contributed by atoms with E-state index in [2.05, 4.69) is 4.98 Å². The molecule has 0 aliphatic heterocycles. The van der Waals surface area contributed by atoms with Crippen LogP contribution in [0, 0.1) is 23.0 Å². The number of anilines is 2. The summed E-state index contributed by atoms with van der Waals surface area (Å²) in [5.74, 6) is -1.56. The van der Waals surface area contributed by atoms with Crippen LogP contribution in [0.4, 0.5) is 20.2 Å². The molecule has 0 fully saturated rings. The summed E-state index contributed by atoms with van der Waals surface area (Å²) < 4.78 is 27.6. The maximum absolute atomic E-state index is 13.8. The van der Waals surface area contributed by atoms with E-state index in [1.54, 1.807) is 24.4 Å². The summed E-state index contributed by atoms with van der Waals surface area (Å²) in [7, 11) is 1.53. The van der Waals surface area contributed by atoms with Crippen LogP contribution < -0.4 is 4.90 Å². The van der Waals surface area contributed by atoms with Gasteiger partial charge >= 0.3 is 0 Å².